The van der Waals surface area contributed by atoms with Gasteiger partial charge in [0.15, 0.2) is 0 Å². The third kappa shape index (κ3) is 3.59. The molecule has 0 aromatic carbocycles. The van der Waals surface area contributed by atoms with Crippen molar-refractivity contribution in [3.8, 4) is 0 Å². The normalized spacial score (nSPS) is 27.6. The van der Waals surface area contributed by atoms with Crippen LogP contribution in [0.25, 0.3) is 0 Å². The Labute approximate surface area is 116 Å². The van der Waals surface area contributed by atoms with Gasteiger partial charge in [-0.1, -0.05) is 12.8 Å². The molecule has 1 aromatic heterocycles. The van der Waals surface area contributed by atoms with Gasteiger partial charge in [0.1, 0.15) is 0 Å². The number of aromatic nitrogens is 2. The first-order valence-electron chi connectivity index (χ1n) is 8.10. The fraction of sp³-hybridized carbons (Fsp3) is 0.812. The van der Waals surface area contributed by atoms with Gasteiger partial charge in [-0.25, -0.2) is 0 Å². The van der Waals surface area contributed by atoms with Crippen LogP contribution in [0.5, 0.6) is 0 Å². The summed E-state index contributed by atoms with van der Waals surface area (Å²) in [4.78, 5) is 0. The van der Waals surface area contributed by atoms with Crippen molar-refractivity contribution in [2.45, 2.75) is 64.5 Å². The minimum Gasteiger partial charge on any atom is -0.314 e. The Morgan fingerprint density at radius 1 is 1.21 bits per heavy atom. The van der Waals surface area contributed by atoms with E-state index in [1.54, 1.807) is 0 Å². The maximum Gasteiger partial charge on any atom is 0.0521 e. The molecule has 2 fully saturated rings. The van der Waals surface area contributed by atoms with Gasteiger partial charge < -0.3 is 5.32 Å². The molecule has 0 radical (unpaired) electrons. The van der Waals surface area contributed by atoms with Gasteiger partial charge in [-0.3, -0.25) is 4.68 Å². The van der Waals surface area contributed by atoms with Gasteiger partial charge in [-0.2, -0.15) is 5.10 Å². The van der Waals surface area contributed by atoms with Crippen molar-refractivity contribution in [2.24, 2.45) is 11.8 Å². The first kappa shape index (κ1) is 13.2. The van der Waals surface area contributed by atoms with Crippen molar-refractivity contribution < 1.29 is 0 Å². The second-order valence-electron chi connectivity index (χ2n) is 6.40. The van der Waals surface area contributed by atoms with Gasteiger partial charge in [0, 0.05) is 18.8 Å². The van der Waals surface area contributed by atoms with Crippen molar-refractivity contribution in [1.29, 1.82) is 0 Å². The summed E-state index contributed by atoms with van der Waals surface area (Å²) in [6, 6.07) is 0.852. The Hall–Kier alpha value is -0.830. The molecule has 1 aromatic rings. The van der Waals surface area contributed by atoms with Gasteiger partial charge in [-0.15, -0.1) is 0 Å². The number of hydrogen-bond donors (Lipinski definition) is 1. The molecule has 0 aliphatic heterocycles. The molecule has 0 bridgehead atoms. The lowest BCUT2D eigenvalue weighted by Gasteiger charge is -2.31. The van der Waals surface area contributed by atoms with Crippen LogP contribution in [0.1, 0.15) is 51.0 Å². The van der Waals surface area contributed by atoms with Crippen molar-refractivity contribution in [3.05, 3.63) is 18.0 Å². The smallest absolute Gasteiger partial charge is 0.0521 e. The van der Waals surface area contributed by atoms with Crippen LogP contribution >= 0.6 is 0 Å². The van der Waals surface area contributed by atoms with Crippen molar-refractivity contribution in [1.82, 2.24) is 15.1 Å². The van der Waals surface area contributed by atoms with Crippen LogP contribution in [0, 0.1) is 11.8 Å². The van der Waals surface area contributed by atoms with Crippen LogP contribution in [0.2, 0.25) is 0 Å². The topological polar surface area (TPSA) is 29.9 Å². The predicted octanol–water partition coefficient (Wildman–Crippen LogP) is 3.00. The molecular formula is C16H27N3. The van der Waals surface area contributed by atoms with Crippen LogP contribution in [0.4, 0.5) is 0 Å². The quantitative estimate of drug-likeness (QED) is 0.853. The van der Waals surface area contributed by atoms with Crippen LogP contribution in [-0.2, 0) is 13.0 Å². The van der Waals surface area contributed by atoms with E-state index in [4.69, 9.17) is 0 Å². The zero-order valence-corrected chi connectivity index (χ0v) is 12.1. The maximum atomic E-state index is 4.41. The summed E-state index contributed by atoms with van der Waals surface area (Å²) in [6.45, 7) is 4.38. The average molecular weight is 261 g/mol. The lowest BCUT2D eigenvalue weighted by molar-refractivity contribution is 0.228. The highest BCUT2D eigenvalue weighted by atomic mass is 15.3. The number of aryl methyl sites for hydroxylation is 1. The SMILES string of the molecule is CCn1cc(CC2CCCCC2CNC2CC2)cn1. The standard InChI is InChI=1S/C16H27N3/c1-2-19-12-13(10-18-19)9-14-5-3-4-6-15(14)11-17-16-7-8-16/h10,12,14-17H,2-9,11H2,1H3. The molecule has 0 amide bonds. The van der Waals surface area contributed by atoms with Gasteiger partial charge in [0.05, 0.1) is 6.20 Å². The summed E-state index contributed by atoms with van der Waals surface area (Å²) in [6.07, 6.45) is 14.0. The fourth-order valence-electron chi connectivity index (χ4n) is 3.41. The summed E-state index contributed by atoms with van der Waals surface area (Å²) in [5.41, 5.74) is 1.44. The molecule has 2 aliphatic carbocycles. The van der Waals surface area contributed by atoms with Crippen LogP contribution in [-0.4, -0.2) is 22.4 Å². The summed E-state index contributed by atoms with van der Waals surface area (Å²) < 4.78 is 2.05. The molecule has 106 valence electrons. The largest absolute Gasteiger partial charge is 0.314 e. The van der Waals surface area contributed by atoms with E-state index in [1.165, 1.54) is 57.1 Å². The summed E-state index contributed by atoms with van der Waals surface area (Å²) in [7, 11) is 0. The lowest BCUT2D eigenvalue weighted by Crippen LogP contribution is -2.32. The van der Waals surface area contributed by atoms with Gasteiger partial charge >= 0.3 is 0 Å². The molecule has 2 saturated carbocycles. The molecule has 3 heteroatoms. The third-order valence-corrected chi connectivity index (χ3v) is 4.82. The molecule has 2 atom stereocenters. The molecular weight excluding hydrogens is 234 g/mol. The van der Waals surface area contributed by atoms with Crippen molar-refractivity contribution in [3.63, 3.8) is 0 Å². The molecule has 1 heterocycles. The second kappa shape index (κ2) is 6.08. The first-order valence-corrected chi connectivity index (χ1v) is 8.10. The van der Waals surface area contributed by atoms with E-state index in [1.807, 2.05) is 0 Å². The van der Waals surface area contributed by atoms with E-state index in [-0.39, 0.29) is 0 Å². The Kier molecular flexibility index (Phi) is 4.21. The highest BCUT2D eigenvalue weighted by Gasteiger charge is 2.28. The molecule has 1 N–H and O–H groups in total. The van der Waals surface area contributed by atoms with Crippen LogP contribution in [0.15, 0.2) is 12.4 Å². The fourth-order valence-corrected chi connectivity index (χ4v) is 3.41. The second-order valence-corrected chi connectivity index (χ2v) is 6.40. The number of hydrogen-bond acceptors (Lipinski definition) is 2. The first-order chi connectivity index (χ1) is 9.35. The Morgan fingerprint density at radius 3 is 2.68 bits per heavy atom. The van der Waals surface area contributed by atoms with Gasteiger partial charge in [0.25, 0.3) is 0 Å². The number of nitrogens with zero attached hydrogens (tertiary/aromatic N) is 2. The van der Waals surface area contributed by atoms with E-state index in [0.717, 1.165) is 24.4 Å². The minimum absolute atomic E-state index is 0.852. The van der Waals surface area contributed by atoms with Crippen molar-refractivity contribution in [2.75, 3.05) is 6.54 Å². The summed E-state index contributed by atoms with van der Waals surface area (Å²) >= 11 is 0. The highest BCUT2D eigenvalue weighted by Crippen LogP contribution is 2.33. The van der Waals surface area contributed by atoms with Crippen molar-refractivity contribution >= 4 is 0 Å². The number of rotatable bonds is 6. The summed E-state index contributed by atoms with van der Waals surface area (Å²) in [5, 5.41) is 8.15. The Morgan fingerprint density at radius 2 is 2.00 bits per heavy atom. The van der Waals surface area contributed by atoms with Gasteiger partial charge in [-0.05, 0) is 63.0 Å². The van der Waals surface area contributed by atoms with E-state index in [9.17, 15) is 0 Å². The minimum atomic E-state index is 0.852. The van der Waals surface area contributed by atoms with Gasteiger partial charge in [0.2, 0.25) is 0 Å². The number of nitrogens with one attached hydrogen (secondary N) is 1. The monoisotopic (exact) mass is 261 g/mol. The van der Waals surface area contributed by atoms with E-state index >= 15 is 0 Å². The lowest BCUT2D eigenvalue weighted by atomic mass is 9.76. The zero-order valence-electron chi connectivity index (χ0n) is 12.1. The molecule has 0 saturated heterocycles. The van der Waals surface area contributed by atoms with E-state index < -0.39 is 0 Å². The molecule has 19 heavy (non-hydrogen) atoms. The molecule has 2 aliphatic rings. The average Bonchev–Trinajstić information content (AvgIpc) is 3.16. The highest BCUT2D eigenvalue weighted by molar-refractivity contribution is 5.06. The van der Waals surface area contributed by atoms with Crippen LogP contribution in [0.3, 0.4) is 0 Å². The zero-order chi connectivity index (χ0) is 13.1. The van der Waals surface area contributed by atoms with E-state index in [2.05, 4.69) is 34.4 Å². The molecule has 3 nitrogen and oxygen atoms in total. The molecule has 0 spiro atoms. The maximum absolute atomic E-state index is 4.41. The molecule has 3 rings (SSSR count). The summed E-state index contributed by atoms with van der Waals surface area (Å²) in [5.74, 6) is 1.76. The molecule has 2 unspecified atom stereocenters. The predicted molar refractivity (Wildman–Crippen MR) is 78.1 cm³/mol. The Balaban J connectivity index is 1.55. The third-order valence-electron chi connectivity index (χ3n) is 4.82. The van der Waals surface area contributed by atoms with Crippen LogP contribution < -0.4 is 5.32 Å². The van der Waals surface area contributed by atoms with E-state index in [0.29, 0.717) is 0 Å². The Bertz CT molecular complexity index is 394.